The molecule has 0 atom stereocenters. The van der Waals surface area contributed by atoms with Gasteiger partial charge in [0.2, 0.25) is 5.91 Å². The number of rotatable bonds is 9. The maximum atomic E-state index is 13.6. The molecule has 3 aromatic carbocycles. The van der Waals surface area contributed by atoms with E-state index in [2.05, 4.69) is 5.32 Å². The second kappa shape index (κ2) is 10.3. The van der Waals surface area contributed by atoms with E-state index in [9.17, 15) is 13.2 Å². The van der Waals surface area contributed by atoms with Gasteiger partial charge in [-0.3, -0.25) is 9.10 Å². The van der Waals surface area contributed by atoms with Crippen LogP contribution in [0.25, 0.3) is 0 Å². The topological polar surface area (TPSA) is 75.7 Å². The molecule has 0 saturated carbocycles. The third kappa shape index (κ3) is 5.29. The van der Waals surface area contributed by atoms with Crippen LogP contribution in [0.15, 0.2) is 77.7 Å². The quantitative estimate of drug-likeness (QED) is 0.506. The van der Waals surface area contributed by atoms with Crippen LogP contribution in [0.4, 0.5) is 11.4 Å². The number of aryl methyl sites for hydroxylation is 2. The number of amides is 1. The van der Waals surface area contributed by atoms with Gasteiger partial charge in [-0.1, -0.05) is 55.0 Å². The fourth-order valence-corrected chi connectivity index (χ4v) is 4.78. The van der Waals surface area contributed by atoms with Crippen molar-refractivity contribution in [2.45, 2.75) is 32.1 Å². The maximum absolute atomic E-state index is 13.6. The van der Waals surface area contributed by atoms with Crippen molar-refractivity contribution in [1.82, 2.24) is 0 Å². The predicted octanol–water partition coefficient (Wildman–Crippen LogP) is 4.79. The molecule has 0 unspecified atom stereocenters. The molecule has 6 nitrogen and oxygen atoms in total. The number of nitrogens with one attached hydrogen (secondary N) is 1. The summed E-state index contributed by atoms with van der Waals surface area (Å²) in [7, 11) is -4.02. The Hall–Kier alpha value is -3.32. The number of benzene rings is 3. The van der Waals surface area contributed by atoms with Crippen LogP contribution in [0, 0.1) is 6.92 Å². The van der Waals surface area contributed by atoms with Gasteiger partial charge in [0.25, 0.3) is 10.0 Å². The lowest BCUT2D eigenvalue weighted by Crippen LogP contribution is -2.38. The zero-order valence-corrected chi connectivity index (χ0v) is 19.4. The van der Waals surface area contributed by atoms with Crippen LogP contribution in [-0.2, 0) is 21.2 Å². The third-order valence-corrected chi connectivity index (χ3v) is 6.78. The Morgan fingerprint density at radius 2 is 1.59 bits per heavy atom. The first kappa shape index (κ1) is 23.3. The Morgan fingerprint density at radius 3 is 2.28 bits per heavy atom. The molecule has 1 N–H and O–H groups in total. The van der Waals surface area contributed by atoms with Gasteiger partial charge in [-0.05, 0) is 56.2 Å². The van der Waals surface area contributed by atoms with Gasteiger partial charge in [-0.2, -0.15) is 0 Å². The molecule has 0 fully saturated rings. The summed E-state index contributed by atoms with van der Waals surface area (Å²) in [5, 5.41) is 2.86. The van der Waals surface area contributed by atoms with Crippen LogP contribution in [-0.4, -0.2) is 27.5 Å². The Morgan fingerprint density at radius 1 is 0.938 bits per heavy atom. The Bertz CT molecular complexity index is 1170. The lowest BCUT2D eigenvalue weighted by atomic mass is 10.1. The van der Waals surface area contributed by atoms with Crippen molar-refractivity contribution >= 4 is 27.3 Å². The minimum Gasteiger partial charge on any atom is -0.492 e. The Kier molecular flexibility index (Phi) is 7.53. The second-order valence-electron chi connectivity index (χ2n) is 7.28. The normalized spacial score (nSPS) is 11.1. The molecule has 1 amide bonds. The first-order chi connectivity index (χ1) is 15.4. The Balaban J connectivity index is 2.01. The molecular formula is C25H28N2O4S. The molecule has 0 aliphatic rings. The largest absolute Gasteiger partial charge is 0.492 e. The number of anilines is 2. The highest BCUT2D eigenvalue weighted by atomic mass is 32.2. The van der Waals surface area contributed by atoms with E-state index in [0.29, 0.717) is 23.7 Å². The maximum Gasteiger partial charge on any atom is 0.264 e. The van der Waals surface area contributed by atoms with Crippen molar-refractivity contribution in [3.63, 3.8) is 0 Å². The number of para-hydroxylation sites is 3. The highest BCUT2D eigenvalue weighted by molar-refractivity contribution is 7.92. The van der Waals surface area contributed by atoms with Gasteiger partial charge >= 0.3 is 0 Å². The summed E-state index contributed by atoms with van der Waals surface area (Å²) in [6.45, 7) is 5.68. The number of hydrogen-bond donors (Lipinski definition) is 1. The summed E-state index contributed by atoms with van der Waals surface area (Å²) in [5.41, 5.74) is 2.90. The first-order valence-electron chi connectivity index (χ1n) is 10.6. The smallest absolute Gasteiger partial charge is 0.264 e. The predicted molar refractivity (Wildman–Crippen MR) is 128 cm³/mol. The first-order valence-corrected chi connectivity index (χ1v) is 12.0. The summed E-state index contributed by atoms with van der Waals surface area (Å²) in [4.78, 5) is 13.1. The summed E-state index contributed by atoms with van der Waals surface area (Å²) in [6.07, 6.45) is 0.745. The van der Waals surface area contributed by atoms with Gasteiger partial charge in [-0.15, -0.1) is 0 Å². The van der Waals surface area contributed by atoms with E-state index < -0.39 is 22.5 Å². The fourth-order valence-electron chi connectivity index (χ4n) is 3.35. The third-order valence-electron chi connectivity index (χ3n) is 5.00. The number of sulfonamides is 1. The molecule has 0 aliphatic heterocycles. The molecule has 0 aliphatic carbocycles. The van der Waals surface area contributed by atoms with E-state index in [1.54, 1.807) is 48.5 Å². The van der Waals surface area contributed by atoms with E-state index in [4.69, 9.17) is 4.74 Å². The molecular weight excluding hydrogens is 424 g/mol. The fraction of sp³-hybridized carbons (Fsp3) is 0.240. The Labute approximate surface area is 189 Å². The molecule has 0 radical (unpaired) electrons. The van der Waals surface area contributed by atoms with Crippen LogP contribution in [0.2, 0.25) is 0 Å². The van der Waals surface area contributed by atoms with E-state index in [0.717, 1.165) is 21.9 Å². The molecule has 0 aromatic heterocycles. The van der Waals surface area contributed by atoms with Crippen molar-refractivity contribution in [1.29, 1.82) is 0 Å². The van der Waals surface area contributed by atoms with Crippen LogP contribution >= 0.6 is 0 Å². The van der Waals surface area contributed by atoms with E-state index in [1.807, 2.05) is 45.0 Å². The van der Waals surface area contributed by atoms with Crippen molar-refractivity contribution in [2.24, 2.45) is 0 Å². The zero-order valence-electron chi connectivity index (χ0n) is 18.5. The lowest BCUT2D eigenvalue weighted by molar-refractivity contribution is -0.114. The number of carbonyl (C=O) groups excluding carboxylic acids is 1. The van der Waals surface area contributed by atoms with Crippen molar-refractivity contribution < 1.29 is 17.9 Å². The summed E-state index contributed by atoms with van der Waals surface area (Å²) in [5.74, 6) is -0.0414. The number of carbonyl (C=O) groups is 1. The average molecular weight is 453 g/mol. The average Bonchev–Trinajstić information content (AvgIpc) is 2.79. The standard InChI is InChI=1S/C25H28N2O4S/c1-4-20-10-6-7-11-22(20)26-25(28)18-27(23-12-8-9-13-24(23)31-5-2)32(29,30)21-16-14-19(3)15-17-21/h6-17H,4-5,18H2,1-3H3,(H,26,28). The number of nitrogens with zero attached hydrogens (tertiary/aromatic N) is 1. The summed E-state index contributed by atoms with van der Waals surface area (Å²) in [6, 6.07) is 20.9. The molecule has 168 valence electrons. The summed E-state index contributed by atoms with van der Waals surface area (Å²) >= 11 is 0. The van der Waals surface area contributed by atoms with Gasteiger partial charge in [-0.25, -0.2) is 8.42 Å². The molecule has 7 heteroatoms. The zero-order chi connectivity index (χ0) is 23.1. The van der Waals surface area contributed by atoms with Gasteiger partial charge in [0.1, 0.15) is 12.3 Å². The monoisotopic (exact) mass is 452 g/mol. The minimum atomic E-state index is -4.02. The van der Waals surface area contributed by atoms with Crippen molar-refractivity contribution in [3.8, 4) is 5.75 Å². The van der Waals surface area contributed by atoms with Crippen molar-refractivity contribution in [2.75, 3.05) is 22.8 Å². The van der Waals surface area contributed by atoms with E-state index in [1.165, 1.54) is 0 Å². The van der Waals surface area contributed by atoms with Crippen LogP contribution in [0.5, 0.6) is 5.75 Å². The molecule has 3 rings (SSSR count). The molecule has 0 heterocycles. The molecule has 32 heavy (non-hydrogen) atoms. The van der Waals surface area contributed by atoms with E-state index >= 15 is 0 Å². The van der Waals surface area contributed by atoms with Crippen LogP contribution in [0.1, 0.15) is 25.0 Å². The minimum absolute atomic E-state index is 0.108. The van der Waals surface area contributed by atoms with E-state index in [-0.39, 0.29) is 4.90 Å². The van der Waals surface area contributed by atoms with Gasteiger partial charge in [0.15, 0.2) is 0 Å². The lowest BCUT2D eigenvalue weighted by Gasteiger charge is -2.26. The van der Waals surface area contributed by atoms with Crippen molar-refractivity contribution in [3.05, 3.63) is 83.9 Å². The SMILES string of the molecule is CCOc1ccccc1N(CC(=O)Nc1ccccc1CC)S(=O)(=O)c1ccc(C)cc1. The highest BCUT2D eigenvalue weighted by Crippen LogP contribution is 2.32. The van der Waals surface area contributed by atoms with Gasteiger partial charge < -0.3 is 10.1 Å². The second-order valence-corrected chi connectivity index (χ2v) is 9.15. The van der Waals surface area contributed by atoms with Crippen LogP contribution in [0.3, 0.4) is 0 Å². The number of ether oxygens (including phenoxy) is 1. The summed E-state index contributed by atoms with van der Waals surface area (Å²) < 4.78 is 34.0. The van der Waals surface area contributed by atoms with Gasteiger partial charge in [0, 0.05) is 5.69 Å². The number of hydrogen-bond acceptors (Lipinski definition) is 4. The van der Waals surface area contributed by atoms with Crippen LogP contribution < -0.4 is 14.4 Å². The molecule has 0 spiro atoms. The van der Waals surface area contributed by atoms with Gasteiger partial charge in [0.05, 0.1) is 17.2 Å². The molecule has 0 bridgehead atoms. The molecule has 0 saturated heterocycles. The highest BCUT2D eigenvalue weighted by Gasteiger charge is 2.29. The molecule has 3 aromatic rings.